The number of benzene rings is 2. The van der Waals surface area contributed by atoms with Gasteiger partial charge < -0.3 is 9.80 Å². The van der Waals surface area contributed by atoms with Crippen molar-refractivity contribution < 1.29 is 0 Å². The standard InChI is InChI=1S/C14H19N.C10H13N.C9H17N.2C2H6/c1-3-5-9-13-15(12-4-2)14-10-7-6-8-11-14;1-3-9-11(2)10-7-5-4-6-8-10;1-4-6-7-9-10(3)8-5-2;2*1-2/h4-11H,2-3,12-13H2,1H3;3-8H,1,9H2,2H3;5-7H,2,4,8-9H2,1,3H3;2*1-2H3/b9-5+;;7-6+;;. The molecule has 40 heavy (non-hydrogen) atoms. The van der Waals surface area contributed by atoms with Crippen molar-refractivity contribution >= 4 is 11.4 Å². The van der Waals surface area contributed by atoms with Gasteiger partial charge in [0.1, 0.15) is 0 Å². The number of allylic oxidation sites excluding steroid dienone is 2. The Bertz CT molecular complexity index is 840. The lowest BCUT2D eigenvalue weighted by atomic mass is 10.2. The minimum atomic E-state index is 0.887. The maximum Gasteiger partial charge on any atom is 0.0371 e. The molecule has 3 nitrogen and oxygen atoms in total. The first kappa shape index (κ1) is 41.2. The number of hydrogen-bond donors (Lipinski definition) is 0. The van der Waals surface area contributed by atoms with Crippen LogP contribution in [0.15, 0.2) is 123 Å². The second-order valence-electron chi connectivity index (χ2n) is 8.30. The minimum absolute atomic E-state index is 0.887. The molecule has 0 saturated carbocycles. The fourth-order valence-corrected chi connectivity index (χ4v) is 3.15. The summed E-state index contributed by atoms with van der Waals surface area (Å²) in [5, 5.41) is 0. The van der Waals surface area contributed by atoms with E-state index in [1.54, 1.807) is 0 Å². The van der Waals surface area contributed by atoms with Gasteiger partial charge in [0.15, 0.2) is 0 Å². The molecule has 0 bridgehead atoms. The molecular weight excluding hydrogens is 486 g/mol. The molecule has 224 valence electrons. The number of hydrogen-bond acceptors (Lipinski definition) is 3. The Morgan fingerprint density at radius 1 is 0.525 bits per heavy atom. The monoisotopic (exact) mass is 547 g/mol. The number of rotatable bonds is 14. The molecule has 0 aliphatic carbocycles. The van der Waals surface area contributed by atoms with Crippen LogP contribution in [0.1, 0.15) is 54.4 Å². The molecule has 0 radical (unpaired) electrons. The lowest BCUT2D eigenvalue weighted by Crippen LogP contribution is -2.22. The summed E-state index contributed by atoms with van der Waals surface area (Å²) in [6.45, 7) is 28.2. The van der Waals surface area contributed by atoms with E-state index in [9.17, 15) is 0 Å². The Morgan fingerprint density at radius 2 is 0.950 bits per heavy atom. The van der Waals surface area contributed by atoms with Gasteiger partial charge in [-0.25, -0.2) is 0 Å². The van der Waals surface area contributed by atoms with Crippen LogP contribution in [0.25, 0.3) is 0 Å². The maximum absolute atomic E-state index is 3.79. The van der Waals surface area contributed by atoms with Crippen LogP contribution in [-0.2, 0) is 0 Å². The van der Waals surface area contributed by atoms with E-state index in [0.717, 1.165) is 45.6 Å². The molecule has 0 heterocycles. The van der Waals surface area contributed by atoms with Crippen molar-refractivity contribution in [2.75, 3.05) is 56.6 Å². The summed E-state index contributed by atoms with van der Waals surface area (Å²) in [6, 6.07) is 20.7. The molecule has 0 spiro atoms. The van der Waals surface area contributed by atoms with Crippen LogP contribution < -0.4 is 9.80 Å². The van der Waals surface area contributed by atoms with Crippen LogP contribution >= 0.6 is 0 Å². The third kappa shape index (κ3) is 25.0. The highest BCUT2D eigenvalue weighted by Crippen LogP contribution is 2.12. The zero-order chi connectivity index (χ0) is 30.9. The maximum atomic E-state index is 3.79. The lowest BCUT2D eigenvalue weighted by molar-refractivity contribution is 0.412. The van der Waals surface area contributed by atoms with Crippen molar-refractivity contribution in [2.45, 2.75) is 54.4 Å². The fraction of sp³-hybridized carbons (Fsp3) is 0.405. The van der Waals surface area contributed by atoms with Gasteiger partial charge in [0.2, 0.25) is 0 Å². The predicted molar refractivity (Wildman–Crippen MR) is 188 cm³/mol. The molecule has 0 saturated heterocycles. The minimum Gasteiger partial charge on any atom is -0.371 e. The van der Waals surface area contributed by atoms with Crippen molar-refractivity contribution in [1.82, 2.24) is 4.90 Å². The van der Waals surface area contributed by atoms with Crippen molar-refractivity contribution in [3.63, 3.8) is 0 Å². The molecule has 0 aromatic heterocycles. The molecule has 3 heteroatoms. The van der Waals surface area contributed by atoms with E-state index in [-0.39, 0.29) is 0 Å². The summed E-state index contributed by atoms with van der Waals surface area (Å²) in [6.07, 6.45) is 16.7. The first-order valence-corrected chi connectivity index (χ1v) is 14.9. The van der Waals surface area contributed by atoms with Gasteiger partial charge in [-0.05, 0) is 44.2 Å². The van der Waals surface area contributed by atoms with E-state index >= 15 is 0 Å². The topological polar surface area (TPSA) is 9.72 Å². The van der Waals surface area contributed by atoms with Crippen LogP contribution in [0.2, 0.25) is 0 Å². The van der Waals surface area contributed by atoms with Crippen LogP contribution in [0.5, 0.6) is 0 Å². The molecule has 0 aliphatic heterocycles. The largest absolute Gasteiger partial charge is 0.371 e. The molecule has 0 N–H and O–H groups in total. The van der Waals surface area contributed by atoms with Crippen LogP contribution in [0.3, 0.4) is 0 Å². The van der Waals surface area contributed by atoms with Gasteiger partial charge in [-0.15, -0.1) is 19.7 Å². The van der Waals surface area contributed by atoms with E-state index < -0.39 is 0 Å². The third-order valence-corrected chi connectivity index (χ3v) is 5.06. The third-order valence-electron chi connectivity index (χ3n) is 5.06. The average molecular weight is 548 g/mol. The molecule has 0 fully saturated rings. The number of likely N-dealkylation sites (N-methyl/N-ethyl adjacent to an activating group) is 2. The highest BCUT2D eigenvalue weighted by molar-refractivity contribution is 5.47. The van der Waals surface area contributed by atoms with E-state index in [4.69, 9.17) is 0 Å². The Morgan fingerprint density at radius 3 is 1.38 bits per heavy atom. The first-order chi connectivity index (χ1) is 19.5. The second-order valence-corrected chi connectivity index (χ2v) is 8.30. The Hall–Kier alpha value is -3.30. The van der Waals surface area contributed by atoms with Gasteiger partial charge in [-0.3, -0.25) is 4.90 Å². The van der Waals surface area contributed by atoms with Gasteiger partial charge in [0.05, 0.1) is 0 Å². The molecule has 0 amide bonds. The van der Waals surface area contributed by atoms with Gasteiger partial charge in [-0.2, -0.15) is 0 Å². The molecule has 0 aliphatic rings. The summed E-state index contributed by atoms with van der Waals surface area (Å²) in [7, 11) is 4.14. The average Bonchev–Trinajstić information content (AvgIpc) is 3.01. The van der Waals surface area contributed by atoms with Crippen LogP contribution in [0.4, 0.5) is 11.4 Å². The molecule has 2 rings (SSSR count). The summed E-state index contributed by atoms with van der Waals surface area (Å²) >= 11 is 0. The number of nitrogens with zero attached hydrogens (tertiary/aromatic N) is 3. The fourth-order valence-electron chi connectivity index (χ4n) is 3.15. The summed E-state index contributed by atoms with van der Waals surface area (Å²) < 4.78 is 0. The van der Waals surface area contributed by atoms with E-state index in [1.807, 2.05) is 70.2 Å². The van der Waals surface area contributed by atoms with Crippen molar-refractivity contribution in [2.24, 2.45) is 0 Å². The SMILES string of the molecule is C=CCN(C)C/C=C/CC.C=CCN(C)c1ccccc1.C=CCN(C/C=C/CC)c1ccccc1.CC.CC. The van der Waals surface area contributed by atoms with Gasteiger partial charge in [0.25, 0.3) is 0 Å². The van der Waals surface area contributed by atoms with Crippen molar-refractivity contribution in [3.05, 3.63) is 123 Å². The smallest absolute Gasteiger partial charge is 0.0371 e. The summed E-state index contributed by atoms with van der Waals surface area (Å²) in [5.74, 6) is 0. The zero-order valence-corrected chi connectivity index (χ0v) is 27.2. The van der Waals surface area contributed by atoms with Crippen LogP contribution in [-0.4, -0.2) is 51.7 Å². The zero-order valence-electron chi connectivity index (χ0n) is 27.2. The Balaban J connectivity index is -0.000000493. The first-order valence-electron chi connectivity index (χ1n) is 14.9. The molecule has 0 unspecified atom stereocenters. The lowest BCUT2D eigenvalue weighted by Gasteiger charge is -2.21. The molecule has 2 aromatic rings. The van der Waals surface area contributed by atoms with E-state index in [0.29, 0.717) is 0 Å². The summed E-state index contributed by atoms with van der Waals surface area (Å²) in [4.78, 5) is 6.64. The number of para-hydroxylation sites is 2. The predicted octanol–water partition coefficient (Wildman–Crippen LogP) is 10.1. The molecule has 0 atom stereocenters. The van der Waals surface area contributed by atoms with Gasteiger partial charge in [-0.1, -0.05) is 120 Å². The van der Waals surface area contributed by atoms with Gasteiger partial charge >= 0.3 is 0 Å². The Kier molecular flexibility index (Phi) is 34.7. The highest BCUT2D eigenvalue weighted by atomic mass is 15.1. The van der Waals surface area contributed by atoms with E-state index in [1.165, 1.54) is 11.4 Å². The number of anilines is 2. The normalized spacial score (nSPS) is 9.53. The highest BCUT2D eigenvalue weighted by Gasteiger charge is 2.00. The molecule has 2 aromatic carbocycles. The molecular formula is C37H61N3. The summed E-state index contributed by atoms with van der Waals surface area (Å²) in [5.41, 5.74) is 2.48. The second kappa shape index (κ2) is 33.7. The Labute approximate surface area is 249 Å². The van der Waals surface area contributed by atoms with Crippen molar-refractivity contribution in [1.29, 1.82) is 0 Å². The van der Waals surface area contributed by atoms with E-state index in [2.05, 4.69) is 123 Å². The van der Waals surface area contributed by atoms with Crippen LogP contribution in [0, 0.1) is 0 Å². The van der Waals surface area contributed by atoms with Gasteiger partial charge in [0, 0.05) is 51.1 Å². The quantitative estimate of drug-likeness (QED) is 0.218. The van der Waals surface area contributed by atoms with Crippen molar-refractivity contribution in [3.8, 4) is 0 Å².